The molecule has 0 aromatic carbocycles. The summed E-state index contributed by atoms with van der Waals surface area (Å²) in [7, 11) is 0. The van der Waals surface area contributed by atoms with E-state index in [0.29, 0.717) is 6.61 Å². The van der Waals surface area contributed by atoms with Gasteiger partial charge in [0.2, 0.25) is 0 Å². The summed E-state index contributed by atoms with van der Waals surface area (Å²) in [5.74, 6) is 0. The lowest BCUT2D eigenvalue weighted by molar-refractivity contribution is 0.0898. The number of hydrogen-bond acceptors (Lipinski definition) is 3. The van der Waals surface area contributed by atoms with E-state index in [4.69, 9.17) is 9.84 Å². The van der Waals surface area contributed by atoms with Crippen LogP contribution in [0.25, 0.3) is 0 Å². The van der Waals surface area contributed by atoms with Gasteiger partial charge in [-0.05, 0) is 32.2 Å². The predicted molar refractivity (Wildman–Crippen MR) is 57.4 cm³/mol. The highest BCUT2D eigenvalue weighted by molar-refractivity contribution is 4.73. The van der Waals surface area contributed by atoms with Crippen LogP contribution in [-0.2, 0) is 4.74 Å². The molecular weight excluding hydrogens is 178 g/mol. The molecule has 0 atom stereocenters. The van der Waals surface area contributed by atoms with Gasteiger partial charge in [0, 0.05) is 12.6 Å². The van der Waals surface area contributed by atoms with E-state index in [9.17, 15) is 0 Å². The van der Waals surface area contributed by atoms with Gasteiger partial charge in [-0.25, -0.2) is 0 Å². The lowest BCUT2D eigenvalue weighted by Crippen LogP contribution is -2.27. The molecule has 0 heterocycles. The molecule has 0 saturated heterocycles. The average Bonchev–Trinajstić information content (AvgIpc) is 2.69. The molecule has 1 rings (SSSR count). The molecule has 0 bridgehead atoms. The van der Waals surface area contributed by atoms with Gasteiger partial charge in [-0.1, -0.05) is 12.8 Å². The number of aliphatic hydroxyl groups excluding tert-OH is 1. The maximum atomic E-state index is 8.48. The molecule has 2 N–H and O–H groups in total. The molecule has 0 aromatic rings. The van der Waals surface area contributed by atoms with Gasteiger partial charge >= 0.3 is 0 Å². The van der Waals surface area contributed by atoms with Crippen LogP contribution in [0, 0.1) is 0 Å². The van der Waals surface area contributed by atoms with E-state index < -0.39 is 0 Å². The maximum absolute atomic E-state index is 8.48. The maximum Gasteiger partial charge on any atom is 0.0697 e. The van der Waals surface area contributed by atoms with Gasteiger partial charge in [0.05, 0.1) is 13.2 Å². The van der Waals surface area contributed by atoms with E-state index >= 15 is 0 Å². The largest absolute Gasteiger partial charge is 0.394 e. The molecule has 1 fully saturated rings. The summed E-state index contributed by atoms with van der Waals surface area (Å²) in [6.45, 7) is 2.52. The van der Waals surface area contributed by atoms with E-state index in [1.807, 2.05) is 0 Å². The van der Waals surface area contributed by atoms with Crippen molar-refractivity contribution in [2.75, 3.05) is 26.4 Å². The highest BCUT2D eigenvalue weighted by Gasteiger charge is 2.12. The zero-order chi connectivity index (χ0) is 10.1. The van der Waals surface area contributed by atoms with Crippen molar-refractivity contribution in [1.82, 2.24) is 5.32 Å². The molecule has 1 aliphatic rings. The highest BCUT2D eigenvalue weighted by atomic mass is 16.5. The minimum atomic E-state index is 0.139. The Morgan fingerprint density at radius 3 is 2.64 bits per heavy atom. The van der Waals surface area contributed by atoms with Crippen molar-refractivity contribution in [2.45, 2.75) is 44.6 Å². The first-order valence-electron chi connectivity index (χ1n) is 5.85. The van der Waals surface area contributed by atoms with E-state index in [1.54, 1.807) is 0 Å². The summed E-state index contributed by atoms with van der Waals surface area (Å²) in [5.41, 5.74) is 0. The minimum Gasteiger partial charge on any atom is -0.394 e. The number of unbranched alkanes of at least 4 members (excludes halogenated alkanes) is 1. The minimum absolute atomic E-state index is 0.139. The van der Waals surface area contributed by atoms with Crippen molar-refractivity contribution >= 4 is 0 Å². The van der Waals surface area contributed by atoms with Crippen LogP contribution in [0.15, 0.2) is 0 Å². The summed E-state index contributed by atoms with van der Waals surface area (Å²) >= 11 is 0. The molecule has 1 aliphatic carbocycles. The normalized spacial score (nSPS) is 17.8. The second kappa shape index (κ2) is 8.21. The van der Waals surface area contributed by atoms with Crippen molar-refractivity contribution in [3.8, 4) is 0 Å². The van der Waals surface area contributed by atoms with Crippen molar-refractivity contribution in [3.63, 3.8) is 0 Å². The van der Waals surface area contributed by atoms with Crippen LogP contribution in [0.2, 0.25) is 0 Å². The first-order chi connectivity index (χ1) is 6.93. The number of aliphatic hydroxyl groups is 1. The SMILES string of the molecule is OCCOCCCCNC1CCCC1. The standard InChI is InChI=1S/C11H23NO2/c13-8-10-14-9-4-3-7-12-11-5-1-2-6-11/h11-13H,1-10H2. The molecule has 1 saturated carbocycles. The second-order valence-electron chi connectivity index (χ2n) is 3.98. The van der Waals surface area contributed by atoms with Gasteiger partial charge < -0.3 is 15.2 Å². The fourth-order valence-corrected chi connectivity index (χ4v) is 1.93. The van der Waals surface area contributed by atoms with E-state index in [-0.39, 0.29) is 6.61 Å². The smallest absolute Gasteiger partial charge is 0.0697 e. The highest BCUT2D eigenvalue weighted by Crippen LogP contribution is 2.17. The van der Waals surface area contributed by atoms with Gasteiger partial charge in [-0.15, -0.1) is 0 Å². The lowest BCUT2D eigenvalue weighted by Gasteiger charge is -2.11. The third kappa shape index (κ3) is 5.58. The fourth-order valence-electron chi connectivity index (χ4n) is 1.93. The first-order valence-corrected chi connectivity index (χ1v) is 5.85. The lowest BCUT2D eigenvalue weighted by atomic mass is 10.2. The first kappa shape index (κ1) is 12.0. The number of nitrogens with one attached hydrogen (secondary N) is 1. The van der Waals surface area contributed by atoms with Crippen LogP contribution < -0.4 is 5.32 Å². The Bertz CT molecular complexity index is 124. The average molecular weight is 201 g/mol. The molecule has 3 nitrogen and oxygen atoms in total. The second-order valence-corrected chi connectivity index (χ2v) is 3.98. The Balaban J connectivity index is 1.75. The van der Waals surface area contributed by atoms with E-state index in [2.05, 4.69) is 5.32 Å². The van der Waals surface area contributed by atoms with Gasteiger partial charge in [0.15, 0.2) is 0 Å². The monoisotopic (exact) mass is 201 g/mol. The Morgan fingerprint density at radius 2 is 1.93 bits per heavy atom. The van der Waals surface area contributed by atoms with Crippen molar-refractivity contribution < 1.29 is 9.84 Å². The Kier molecular flexibility index (Phi) is 7.01. The molecule has 0 amide bonds. The Morgan fingerprint density at radius 1 is 1.14 bits per heavy atom. The molecule has 0 radical (unpaired) electrons. The van der Waals surface area contributed by atoms with Gasteiger partial charge in [-0.3, -0.25) is 0 Å². The molecule has 0 unspecified atom stereocenters. The quantitative estimate of drug-likeness (QED) is 0.582. The van der Waals surface area contributed by atoms with Crippen LogP contribution in [0.4, 0.5) is 0 Å². The molecular formula is C11H23NO2. The van der Waals surface area contributed by atoms with Crippen molar-refractivity contribution in [1.29, 1.82) is 0 Å². The molecule has 3 heteroatoms. The van der Waals surface area contributed by atoms with Crippen LogP contribution in [0.3, 0.4) is 0 Å². The topological polar surface area (TPSA) is 41.5 Å². The van der Waals surface area contributed by atoms with Crippen molar-refractivity contribution in [2.24, 2.45) is 0 Å². The van der Waals surface area contributed by atoms with Crippen LogP contribution in [-0.4, -0.2) is 37.5 Å². The van der Waals surface area contributed by atoms with Crippen LogP contribution in [0.5, 0.6) is 0 Å². The van der Waals surface area contributed by atoms with E-state index in [0.717, 1.165) is 25.6 Å². The summed E-state index contributed by atoms with van der Waals surface area (Å²) < 4.78 is 5.18. The third-order valence-corrected chi connectivity index (χ3v) is 2.74. The summed E-state index contributed by atoms with van der Waals surface area (Å²) in [4.78, 5) is 0. The van der Waals surface area contributed by atoms with Gasteiger partial charge in [0.1, 0.15) is 0 Å². The fraction of sp³-hybridized carbons (Fsp3) is 1.00. The molecule has 84 valence electrons. The summed E-state index contributed by atoms with van der Waals surface area (Å²) in [6.07, 6.45) is 7.80. The van der Waals surface area contributed by atoms with Crippen LogP contribution >= 0.6 is 0 Å². The summed E-state index contributed by atoms with van der Waals surface area (Å²) in [6, 6.07) is 0.786. The number of rotatable bonds is 8. The number of hydrogen-bond donors (Lipinski definition) is 2. The van der Waals surface area contributed by atoms with Gasteiger partial charge in [0.25, 0.3) is 0 Å². The molecule has 0 spiro atoms. The van der Waals surface area contributed by atoms with Crippen molar-refractivity contribution in [3.05, 3.63) is 0 Å². The predicted octanol–water partition coefficient (Wildman–Crippen LogP) is 1.31. The Hall–Kier alpha value is -0.120. The third-order valence-electron chi connectivity index (χ3n) is 2.74. The summed E-state index contributed by atoms with van der Waals surface area (Å²) in [5, 5.41) is 12.0. The molecule has 14 heavy (non-hydrogen) atoms. The molecule has 0 aromatic heterocycles. The van der Waals surface area contributed by atoms with Gasteiger partial charge in [-0.2, -0.15) is 0 Å². The zero-order valence-corrected chi connectivity index (χ0v) is 9.00. The van der Waals surface area contributed by atoms with E-state index in [1.165, 1.54) is 32.1 Å². The molecule has 0 aliphatic heterocycles. The zero-order valence-electron chi connectivity index (χ0n) is 9.00. The number of ether oxygens (including phenoxy) is 1. The Labute approximate surface area is 86.8 Å². The van der Waals surface area contributed by atoms with Crippen LogP contribution in [0.1, 0.15) is 38.5 Å².